The summed E-state index contributed by atoms with van der Waals surface area (Å²) in [6.07, 6.45) is 2.48. The van der Waals surface area contributed by atoms with E-state index < -0.39 is 0 Å². The van der Waals surface area contributed by atoms with E-state index in [1.54, 1.807) is 6.34 Å². The molecule has 4 nitrogen and oxygen atoms in total. The monoisotopic (exact) mass is 215 g/mol. The van der Waals surface area contributed by atoms with Gasteiger partial charge in [0.05, 0.1) is 6.34 Å². The number of carbonyl (C=O) groups excluding carboxylic acids is 1. The number of carbonyl (C=O) groups is 1. The number of para-hydroxylation sites is 1. The highest BCUT2D eigenvalue weighted by Gasteiger charge is 2.08. The molecule has 0 spiro atoms. The summed E-state index contributed by atoms with van der Waals surface area (Å²) in [6, 6.07) is 7.73. The van der Waals surface area contributed by atoms with Gasteiger partial charge in [0, 0.05) is 25.0 Å². The molecule has 0 aliphatic carbocycles. The predicted octanol–water partition coefficient (Wildman–Crippen LogP) is 2.20. The number of aromatic amines is 1. The lowest BCUT2D eigenvalue weighted by Gasteiger charge is -2.01. The molecule has 1 heterocycles. The van der Waals surface area contributed by atoms with Crippen molar-refractivity contribution in [2.45, 2.75) is 0 Å². The van der Waals surface area contributed by atoms with Gasteiger partial charge in [0.2, 0.25) is 0 Å². The van der Waals surface area contributed by atoms with E-state index in [0.717, 1.165) is 17.2 Å². The molecule has 0 amide bonds. The summed E-state index contributed by atoms with van der Waals surface area (Å²) >= 11 is 0. The molecule has 16 heavy (non-hydrogen) atoms. The van der Waals surface area contributed by atoms with Gasteiger partial charge in [-0.05, 0) is 6.07 Å². The van der Waals surface area contributed by atoms with Gasteiger partial charge in [0.1, 0.15) is 11.4 Å². The molecule has 4 heteroatoms. The van der Waals surface area contributed by atoms with Crippen molar-refractivity contribution in [3.05, 3.63) is 30.0 Å². The maximum atomic E-state index is 10.9. The number of aliphatic imine (C=N–C) groups is 1. The summed E-state index contributed by atoms with van der Waals surface area (Å²) in [4.78, 5) is 20.1. The minimum atomic E-state index is 0.513. The van der Waals surface area contributed by atoms with E-state index in [1.807, 2.05) is 43.3 Å². The molecule has 0 atom stereocenters. The highest BCUT2D eigenvalue weighted by molar-refractivity contribution is 6.01. The zero-order valence-electron chi connectivity index (χ0n) is 9.27. The first kappa shape index (κ1) is 10.4. The Bertz CT molecular complexity index is 540. The van der Waals surface area contributed by atoms with Gasteiger partial charge in [-0.25, -0.2) is 4.99 Å². The number of fused-ring (bicyclic) bond motifs is 1. The first-order chi connectivity index (χ1) is 7.72. The minimum absolute atomic E-state index is 0.513. The molecule has 2 aromatic rings. The summed E-state index contributed by atoms with van der Waals surface area (Å²) in [5.74, 6) is 0. The molecular weight excluding hydrogens is 202 g/mol. The Labute approximate surface area is 93.6 Å². The normalized spacial score (nSPS) is 11.1. The first-order valence-electron chi connectivity index (χ1n) is 4.99. The van der Waals surface area contributed by atoms with Crippen LogP contribution >= 0.6 is 0 Å². The van der Waals surface area contributed by atoms with Crippen molar-refractivity contribution in [3.63, 3.8) is 0 Å². The predicted molar refractivity (Wildman–Crippen MR) is 65.5 cm³/mol. The fourth-order valence-electron chi connectivity index (χ4n) is 1.55. The fourth-order valence-corrected chi connectivity index (χ4v) is 1.55. The molecular formula is C12H13N3O. The average molecular weight is 215 g/mol. The maximum Gasteiger partial charge on any atom is 0.168 e. The van der Waals surface area contributed by atoms with E-state index in [1.165, 1.54) is 0 Å². The number of hydrogen-bond acceptors (Lipinski definition) is 2. The number of nitrogens with zero attached hydrogens (tertiary/aromatic N) is 2. The number of H-pyrrole nitrogens is 1. The SMILES string of the molecule is CN(C)C=Nc1c(C=O)[nH]c2ccccc12. The average Bonchev–Trinajstić information content (AvgIpc) is 2.64. The van der Waals surface area contributed by atoms with Crippen molar-refractivity contribution in [1.82, 2.24) is 9.88 Å². The number of hydrogen-bond donors (Lipinski definition) is 1. The lowest BCUT2D eigenvalue weighted by Crippen LogP contribution is -2.07. The highest BCUT2D eigenvalue weighted by atomic mass is 16.1. The number of aldehydes is 1. The summed E-state index contributed by atoms with van der Waals surface area (Å²) < 4.78 is 0. The van der Waals surface area contributed by atoms with Crippen LogP contribution in [-0.2, 0) is 0 Å². The van der Waals surface area contributed by atoms with Gasteiger partial charge in [0.25, 0.3) is 0 Å². The lowest BCUT2D eigenvalue weighted by atomic mass is 10.2. The molecule has 0 bridgehead atoms. The van der Waals surface area contributed by atoms with Gasteiger partial charge < -0.3 is 9.88 Å². The van der Waals surface area contributed by atoms with Crippen LogP contribution in [0.15, 0.2) is 29.3 Å². The van der Waals surface area contributed by atoms with E-state index in [4.69, 9.17) is 0 Å². The largest absolute Gasteiger partial charge is 0.369 e. The summed E-state index contributed by atoms with van der Waals surface area (Å²) in [5, 5.41) is 0.961. The van der Waals surface area contributed by atoms with Crippen LogP contribution in [0.1, 0.15) is 10.5 Å². The van der Waals surface area contributed by atoms with Gasteiger partial charge in [-0.15, -0.1) is 0 Å². The van der Waals surface area contributed by atoms with Crippen molar-refractivity contribution in [1.29, 1.82) is 0 Å². The Morgan fingerprint density at radius 3 is 2.75 bits per heavy atom. The zero-order valence-corrected chi connectivity index (χ0v) is 9.27. The van der Waals surface area contributed by atoms with Crippen LogP contribution in [-0.4, -0.2) is 36.6 Å². The Balaban J connectivity index is 2.60. The standard InChI is InChI=1S/C12H13N3O/c1-15(2)8-13-12-9-5-3-4-6-10(9)14-11(12)7-16/h3-8,14H,1-2H3. The molecule has 0 saturated carbocycles. The van der Waals surface area contributed by atoms with Crippen LogP contribution in [0.25, 0.3) is 10.9 Å². The Hall–Kier alpha value is -2.10. The van der Waals surface area contributed by atoms with Crippen LogP contribution in [0, 0.1) is 0 Å². The summed E-state index contributed by atoms with van der Waals surface area (Å²) in [7, 11) is 3.78. The van der Waals surface area contributed by atoms with E-state index in [9.17, 15) is 4.79 Å². The second-order valence-corrected chi connectivity index (χ2v) is 3.76. The highest BCUT2D eigenvalue weighted by Crippen LogP contribution is 2.28. The van der Waals surface area contributed by atoms with E-state index in [0.29, 0.717) is 11.4 Å². The second-order valence-electron chi connectivity index (χ2n) is 3.76. The maximum absolute atomic E-state index is 10.9. The summed E-state index contributed by atoms with van der Waals surface area (Å²) in [6.45, 7) is 0. The number of aromatic nitrogens is 1. The first-order valence-corrected chi connectivity index (χ1v) is 4.99. The number of nitrogens with one attached hydrogen (secondary N) is 1. The molecule has 1 N–H and O–H groups in total. The van der Waals surface area contributed by atoms with Gasteiger partial charge in [-0.1, -0.05) is 18.2 Å². The van der Waals surface area contributed by atoms with Crippen molar-refractivity contribution in [2.75, 3.05) is 14.1 Å². The van der Waals surface area contributed by atoms with E-state index in [-0.39, 0.29) is 0 Å². The van der Waals surface area contributed by atoms with Crippen LogP contribution in [0.3, 0.4) is 0 Å². The van der Waals surface area contributed by atoms with Crippen LogP contribution < -0.4 is 0 Å². The van der Waals surface area contributed by atoms with Crippen LogP contribution in [0.2, 0.25) is 0 Å². The van der Waals surface area contributed by atoms with Gasteiger partial charge in [-0.3, -0.25) is 4.79 Å². The van der Waals surface area contributed by atoms with Gasteiger partial charge in [0.15, 0.2) is 6.29 Å². The third kappa shape index (κ3) is 1.82. The molecule has 0 unspecified atom stereocenters. The van der Waals surface area contributed by atoms with E-state index >= 15 is 0 Å². The third-order valence-corrected chi connectivity index (χ3v) is 2.24. The Kier molecular flexibility index (Phi) is 2.72. The zero-order chi connectivity index (χ0) is 11.5. The van der Waals surface area contributed by atoms with Crippen molar-refractivity contribution >= 4 is 29.2 Å². The molecule has 0 aliphatic rings. The van der Waals surface area contributed by atoms with Crippen molar-refractivity contribution in [2.24, 2.45) is 4.99 Å². The van der Waals surface area contributed by atoms with Gasteiger partial charge >= 0.3 is 0 Å². The molecule has 82 valence electrons. The fraction of sp³-hybridized carbons (Fsp3) is 0.167. The lowest BCUT2D eigenvalue weighted by molar-refractivity contribution is 0.112. The molecule has 0 saturated heterocycles. The summed E-state index contributed by atoms with van der Waals surface area (Å²) in [5.41, 5.74) is 2.13. The Morgan fingerprint density at radius 2 is 2.06 bits per heavy atom. The Morgan fingerprint density at radius 1 is 1.31 bits per heavy atom. The van der Waals surface area contributed by atoms with Crippen LogP contribution in [0.5, 0.6) is 0 Å². The molecule has 1 aromatic carbocycles. The molecule has 1 aromatic heterocycles. The smallest absolute Gasteiger partial charge is 0.168 e. The molecule has 0 radical (unpaired) electrons. The quantitative estimate of drug-likeness (QED) is 0.484. The number of benzene rings is 1. The molecule has 0 fully saturated rings. The topological polar surface area (TPSA) is 48.5 Å². The third-order valence-electron chi connectivity index (χ3n) is 2.24. The van der Waals surface area contributed by atoms with Crippen LogP contribution in [0.4, 0.5) is 5.69 Å². The molecule has 2 rings (SSSR count). The minimum Gasteiger partial charge on any atom is -0.369 e. The number of rotatable bonds is 3. The van der Waals surface area contributed by atoms with Crippen molar-refractivity contribution in [3.8, 4) is 0 Å². The van der Waals surface area contributed by atoms with Gasteiger partial charge in [-0.2, -0.15) is 0 Å². The molecule has 0 aliphatic heterocycles. The van der Waals surface area contributed by atoms with E-state index in [2.05, 4.69) is 9.98 Å². The second kappa shape index (κ2) is 4.18. The van der Waals surface area contributed by atoms with Crippen molar-refractivity contribution < 1.29 is 4.79 Å².